The van der Waals surface area contributed by atoms with Gasteiger partial charge >= 0.3 is 0 Å². The molecule has 10 aliphatic rings. The van der Waals surface area contributed by atoms with Gasteiger partial charge in [0, 0.05) is 0 Å². The Morgan fingerprint density at radius 3 is 1.47 bits per heavy atom. The summed E-state index contributed by atoms with van der Waals surface area (Å²) in [6.45, 7) is 0. The van der Waals surface area contributed by atoms with Crippen molar-refractivity contribution in [3.8, 4) is 0 Å². The zero-order valence-electron chi connectivity index (χ0n) is 18.1. The predicted octanol–water partition coefficient (Wildman–Crippen LogP) is 6.53. The van der Waals surface area contributed by atoms with E-state index in [1.165, 1.54) is 25.7 Å². The van der Waals surface area contributed by atoms with Crippen molar-refractivity contribution >= 4 is 0 Å². The van der Waals surface area contributed by atoms with Gasteiger partial charge in [-0.3, -0.25) is 0 Å². The molecular formula is C30H36. The summed E-state index contributed by atoms with van der Waals surface area (Å²) < 4.78 is 0. The maximum atomic E-state index is 2.57. The Balaban J connectivity index is 0.0000000963. The van der Waals surface area contributed by atoms with E-state index in [0.29, 0.717) is 0 Å². The van der Waals surface area contributed by atoms with Gasteiger partial charge in [0.1, 0.15) is 0 Å². The highest BCUT2D eigenvalue weighted by Gasteiger charge is 2.64. The normalized spacial score (nSPS) is 66.7. The van der Waals surface area contributed by atoms with Gasteiger partial charge in [0.15, 0.2) is 0 Å². The Bertz CT molecular complexity index is 867. The Hall–Kier alpha value is -1.04. The molecule has 0 N–H and O–H groups in total. The summed E-state index contributed by atoms with van der Waals surface area (Å²) in [7, 11) is 0. The molecule has 156 valence electrons. The topological polar surface area (TPSA) is 0 Å². The molecular weight excluding hydrogens is 360 g/mol. The molecule has 0 saturated heterocycles. The first kappa shape index (κ1) is 16.6. The standard InChI is InChI=1S/2C15H18/c1-3-10-5-8(1)12-7-13-9-2-4-11(6-9)15(13)14(10)12;1-2-10-11(3-1)13-7-12(10)14-8-4-5-9(6-8)15(13)14/h1-4,8-15H,5-7H2;1-2,4-5,8-15H,3,6-7H2. The molecule has 0 radical (unpaired) electrons. The molecule has 6 fully saturated rings. The van der Waals surface area contributed by atoms with E-state index in [0.717, 1.165) is 94.7 Å². The molecule has 10 rings (SSSR count). The van der Waals surface area contributed by atoms with Crippen LogP contribution < -0.4 is 0 Å². The van der Waals surface area contributed by atoms with E-state index < -0.39 is 0 Å². The predicted molar refractivity (Wildman–Crippen MR) is 120 cm³/mol. The van der Waals surface area contributed by atoms with Gasteiger partial charge in [-0.15, -0.1) is 0 Å². The monoisotopic (exact) mass is 396 g/mol. The zero-order chi connectivity index (χ0) is 19.1. The average molecular weight is 397 g/mol. The van der Waals surface area contributed by atoms with Crippen molar-refractivity contribution in [2.75, 3.05) is 0 Å². The number of fused-ring (bicyclic) bond motifs is 23. The van der Waals surface area contributed by atoms with Crippen molar-refractivity contribution in [3.63, 3.8) is 0 Å². The van der Waals surface area contributed by atoms with Crippen LogP contribution >= 0.6 is 0 Å². The Morgan fingerprint density at radius 2 is 0.833 bits per heavy atom. The van der Waals surface area contributed by atoms with Crippen LogP contribution in [0.3, 0.4) is 0 Å². The number of rotatable bonds is 0. The van der Waals surface area contributed by atoms with Crippen LogP contribution in [0.1, 0.15) is 38.5 Å². The Kier molecular flexibility index (Phi) is 3.02. The molecule has 0 nitrogen and oxygen atoms in total. The molecule has 8 bridgehead atoms. The summed E-state index contributed by atoms with van der Waals surface area (Å²) in [4.78, 5) is 0. The van der Waals surface area contributed by atoms with Gasteiger partial charge in [-0.25, -0.2) is 0 Å². The van der Waals surface area contributed by atoms with Gasteiger partial charge < -0.3 is 0 Å². The molecule has 0 amide bonds. The third-order valence-corrected chi connectivity index (χ3v) is 12.8. The fraction of sp³-hybridized carbons (Fsp3) is 0.733. The lowest BCUT2D eigenvalue weighted by Crippen LogP contribution is -2.34. The summed E-state index contributed by atoms with van der Waals surface area (Å²) in [5, 5.41) is 0. The van der Waals surface area contributed by atoms with E-state index >= 15 is 0 Å². The average Bonchev–Trinajstić information content (AvgIpc) is 3.63. The first-order valence-corrected chi connectivity index (χ1v) is 13.6. The fourth-order valence-corrected chi connectivity index (χ4v) is 12.3. The molecule has 0 heteroatoms. The van der Waals surface area contributed by atoms with Crippen molar-refractivity contribution in [2.24, 2.45) is 94.7 Å². The zero-order valence-corrected chi connectivity index (χ0v) is 18.1. The minimum Gasteiger partial charge on any atom is -0.0879 e. The van der Waals surface area contributed by atoms with Crippen molar-refractivity contribution < 1.29 is 0 Å². The van der Waals surface area contributed by atoms with Crippen molar-refractivity contribution in [2.45, 2.75) is 38.5 Å². The van der Waals surface area contributed by atoms with Crippen LogP contribution in [0, 0.1) is 94.7 Å². The van der Waals surface area contributed by atoms with Crippen LogP contribution in [0.25, 0.3) is 0 Å². The van der Waals surface area contributed by atoms with Crippen LogP contribution in [-0.4, -0.2) is 0 Å². The quantitative estimate of drug-likeness (QED) is 0.322. The van der Waals surface area contributed by atoms with E-state index in [2.05, 4.69) is 48.6 Å². The molecule has 0 aromatic heterocycles. The van der Waals surface area contributed by atoms with E-state index in [1.54, 1.807) is 12.8 Å². The van der Waals surface area contributed by atoms with Crippen molar-refractivity contribution in [1.29, 1.82) is 0 Å². The molecule has 0 aromatic rings. The molecule has 0 aliphatic heterocycles. The van der Waals surface area contributed by atoms with E-state index in [-0.39, 0.29) is 0 Å². The molecule has 6 saturated carbocycles. The third-order valence-electron chi connectivity index (χ3n) is 12.8. The van der Waals surface area contributed by atoms with Gasteiger partial charge in [0.25, 0.3) is 0 Å². The smallest absolute Gasteiger partial charge is 0.0168 e. The minimum absolute atomic E-state index is 0.989. The molecule has 30 heavy (non-hydrogen) atoms. The highest BCUT2D eigenvalue weighted by molar-refractivity contribution is 5.26. The first-order chi connectivity index (χ1) is 14.8. The lowest BCUT2D eigenvalue weighted by molar-refractivity contribution is 0.121. The fourth-order valence-electron chi connectivity index (χ4n) is 12.3. The maximum absolute atomic E-state index is 2.57. The number of hydrogen-bond donors (Lipinski definition) is 0. The lowest BCUT2D eigenvalue weighted by atomic mass is 9.66. The third kappa shape index (κ3) is 1.82. The second kappa shape index (κ2) is 5.47. The maximum Gasteiger partial charge on any atom is -0.0168 e. The molecule has 10 aliphatic carbocycles. The van der Waals surface area contributed by atoms with E-state index in [4.69, 9.17) is 0 Å². The SMILES string of the molecule is C1=CC2C(C1)C1CC2C2C3C=CC(C3)C12.C1=CC2CC1C1CC3C4C=CC(C4)C3C21. The highest BCUT2D eigenvalue weighted by atomic mass is 14.7. The Labute approximate surface area is 182 Å². The lowest BCUT2D eigenvalue weighted by Gasteiger charge is -2.38. The molecule has 16 unspecified atom stereocenters. The largest absolute Gasteiger partial charge is 0.0879 e. The molecule has 16 atom stereocenters. The van der Waals surface area contributed by atoms with E-state index in [9.17, 15) is 0 Å². The van der Waals surface area contributed by atoms with Crippen LogP contribution in [0.2, 0.25) is 0 Å². The summed E-state index contributed by atoms with van der Waals surface area (Å²) in [5.74, 6) is 16.8. The minimum atomic E-state index is 0.989. The molecule has 0 spiro atoms. The van der Waals surface area contributed by atoms with Gasteiger partial charge in [-0.05, 0) is 133 Å². The first-order valence-electron chi connectivity index (χ1n) is 13.6. The van der Waals surface area contributed by atoms with Gasteiger partial charge in [0.05, 0.1) is 0 Å². The summed E-state index contributed by atoms with van der Waals surface area (Å²) in [6.07, 6.45) is 29.5. The highest BCUT2D eigenvalue weighted by Crippen LogP contribution is 2.70. The van der Waals surface area contributed by atoms with Gasteiger partial charge in [-0.2, -0.15) is 0 Å². The van der Waals surface area contributed by atoms with Crippen molar-refractivity contribution in [3.05, 3.63) is 48.6 Å². The van der Waals surface area contributed by atoms with Crippen LogP contribution in [-0.2, 0) is 0 Å². The second-order valence-corrected chi connectivity index (χ2v) is 13.2. The molecule has 0 heterocycles. The van der Waals surface area contributed by atoms with Gasteiger partial charge in [0.2, 0.25) is 0 Å². The summed E-state index contributed by atoms with van der Waals surface area (Å²) in [5.41, 5.74) is 0. The number of hydrogen-bond acceptors (Lipinski definition) is 0. The van der Waals surface area contributed by atoms with Crippen LogP contribution in [0.5, 0.6) is 0 Å². The number of allylic oxidation sites excluding steroid dienone is 8. The van der Waals surface area contributed by atoms with Gasteiger partial charge in [-0.1, -0.05) is 48.6 Å². The van der Waals surface area contributed by atoms with E-state index in [1.807, 2.05) is 0 Å². The Morgan fingerprint density at radius 1 is 0.367 bits per heavy atom. The summed E-state index contributed by atoms with van der Waals surface area (Å²) >= 11 is 0. The molecule has 0 aromatic carbocycles. The van der Waals surface area contributed by atoms with Crippen LogP contribution in [0.4, 0.5) is 0 Å². The van der Waals surface area contributed by atoms with Crippen LogP contribution in [0.15, 0.2) is 48.6 Å². The van der Waals surface area contributed by atoms with Crippen molar-refractivity contribution in [1.82, 2.24) is 0 Å². The summed E-state index contributed by atoms with van der Waals surface area (Å²) in [6, 6.07) is 0. The second-order valence-electron chi connectivity index (χ2n) is 13.2.